The van der Waals surface area contributed by atoms with E-state index in [0.717, 1.165) is 42.6 Å². The Morgan fingerprint density at radius 1 is 1.03 bits per heavy atom. The van der Waals surface area contributed by atoms with Crippen LogP contribution in [0.1, 0.15) is 57.4 Å². The van der Waals surface area contributed by atoms with Crippen molar-refractivity contribution in [3.05, 3.63) is 35.9 Å². The van der Waals surface area contributed by atoms with E-state index in [4.69, 9.17) is 4.74 Å². The first-order valence-electron chi connectivity index (χ1n) is 10.9. The SMILES string of the molecule is CC(=O)[C@@H](Cc1ccccc1)NC(=O)COC(=O)CC12CC3CC(CC(C3)C1)C2. The molecule has 1 amide bonds. The standard InChI is InChI=1S/C24H31NO4/c1-16(26)21(10-17-5-3-2-4-6-17)25-22(27)15-29-23(28)14-24-11-18-7-19(12-24)9-20(8-18)13-24/h2-6,18-21H,7-15H2,1H3,(H,25,27)/t18?,19?,20?,21-,24?/m1/s1. The first-order valence-corrected chi connectivity index (χ1v) is 10.9. The van der Waals surface area contributed by atoms with Crippen LogP contribution in [-0.4, -0.2) is 30.3 Å². The summed E-state index contributed by atoms with van der Waals surface area (Å²) in [6.45, 7) is 1.15. The molecule has 1 N–H and O–H groups in total. The number of nitrogens with one attached hydrogen (secondary N) is 1. The van der Waals surface area contributed by atoms with Gasteiger partial charge in [-0.05, 0) is 80.6 Å². The number of esters is 1. The monoisotopic (exact) mass is 397 g/mol. The highest BCUT2D eigenvalue weighted by Gasteiger charge is 2.51. The third-order valence-corrected chi connectivity index (χ3v) is 7.16. The van der Waals surface area contributed by atoms with E-state index < -0.39 is 11.9 Å². The van der Waals surface area contributed by atoms with Gasteiger partial charge in [-0.2, -0.15) is 0 Å². The number of ketones is 1. The normalized spacial score (nSPS) is 30.6. The maximum absolute atomic E-state index is 12.5. The minimum absolute atomic E-state index is 0.109. The van der Waals surface area contributed by atoms with Gasteiger partial charge in [0, 0.05) is 0 Å². The van der Waals surface area contributed by atoms with Crippen LogP contribution >= 0.6 is 0 Å². The lowest BCUT2D eigenvalue weighted by Crippen LogP contribution is -2.47. The van der Waals surface area contributed by atoms with Crippen LogP contribution in [0.5, 0.6) is 0 Å². The Morgan fingerprint density at radius 2 is 1.62 bits per heavy atom. The molecule has 1 atom stereocenters. The van der Waals surface area contributed by atoms with E-state index in [0.29, 0.717) is 12.8 Å². The average molecular weight is 398 g/mol. The third kappa shape index (κ3) is 4.88. The zero-order chi connectivity index (χ0) is 20.4. The quantitative estimate of drug-likeness (QED) is 0.682. The number of ether oxygens (including phenoxy) is 1. The van der Waals surface area contributed by atoms with E-state index in [9.17, 15) is 14.4 Å². The Bertz CT molecular complexity index is 737. The molecule has 0 heterocycles. The summed E-state index contributed by atoms with van der Waals surface area (Å²) in [4.78, 5) is 36.7. The molecule has 0 unspecified atom stereocenters. The maximum atomic E-state index is 12.5. The molecule has 29 heavy (non-hydrogen) atoms. The van der Waals surface area contributed by atoms with Gasteiger partial charge >= 0.3 is 5.97 Å². The molecule has 4 fully saturated rings. The molecule has 1 aromatic rings. The predicted octanol–water partition coefficient (Wildman–Crippen LogP) is 3.45. The molecule has 4 aliphatic carbocycles. The van der Waals surface area contributed by atoms with Crippen molar-refractivity contribution < 1.29 is 19.1 Å². The molecule has 4 saturated carbocycles. The summed E-state index contributed by atoms with van der Waals surface area (Å²) in [6, 6.07) is 8.96. The van der Waals surface area contributed by atoms with Crippen LogP contribution < -0.4 is 5.32 Å². The van der Waals surface area contributed by atoms with Crippen LogP contribution in [0.3, 0.4) is 0 Å². The second-order valence-electron chi connectivity index (χ2n) is 9.68. The van der Waals surface area contributed by atoms with Crippen LogP contribution in [0.15, 0.2) is 30.3 Å². The van der Waals surface area contributed by atoms with Crippen molar-refractivity contribution in [3.8, 4) is 0 Å². The lowest BCUT2D eigenvalue weighted by Gasteiger charge is -2.56. The van der Waals surface area contributed by atoms with Crippen LogP contribution in [0.4, 0.5) is 0 Å². The van der Waals surface area contributed by atoms with Crippen LogP contribution in [0, 0.1) is 23.2 Å². The summed E-state index contributed by atoms with van der Waals surface area (Å²) >= 11 is 0. The zero-order valence-electron chi connectivity index (χ0n) is 17.2. The Hall–Kier alpha value is -2.17. The van der Waals surface area contributed by atoms with Crippen molar-refractivity contribution in [1.29, 1.82) is 0 Å². The Labute approximate surface area is 172 Å². The lowest BCUT2D eigenvalue weighted by molar-refractivity contribution is -0.155. The van der Waals surface area contributed by atoms with Gasteiger partial charge in [0.25, 0.3) is 5.91 Å². The predicted molar refractivity (Wildman–Crippen MR) is 109 cm³/mol. The summed E-state index contributed by atoms with van der Waals surface area (Å²) in [7, 11) is 0. The van der Waals surface area contributed by atoms with Crippen molar-refractivity contribution in [2.24, 2.45) is 23.2 Å². The topological polar surface area (TPSA) is 72.5 Å². The van der Waals surface area contributed by atoms with E-state index >= 15 is 0 Å². The Kier molecular flexibility index (Phi) is 5.75. The first-order chi connectivity index (χ1) is 13.9. The van der Waals surface area contributed by atoms with Crippen molar-refractivity contribution in [2.75, 3.05) is 6.61 Å². The average Bonchev–Trinajstić information content (AvgIpc) is 2.65. The minimum Gasteiger partial charge on any atom is -0.456 e. The number of benzene rings is 1. The van der Waals surface area contributed by atoms with Crippen LogP contribution in [0.2, 0.25) is 0 Å². The molecule has 4 bridgehead atoms. The van der Waals surface area contributed by atoms with E-state index in [-0.39, 0.29) is 23.8 Å². The molecular weight excluding hydrogens is 366 g/mol. The smallest absolute Gasteiger partial charge is 0.306 e. The molecule has 0 aliphatic heterocycles. The fourth-order valence-electron chi connectivity index (χ4n) is 6.39. The van der Waals surface area contributed by atoms with Gasteiger partial charge in [0.15, 0.2) is 12.4 Å². The first kappa shape index (κ1) is 20.1. The van der Waals surface area contributed by atoms with Crippen LogP contribution in [0.25, 0.3) is 0 Å². The van der Waals surface area contributed by atoms with E-state index in [1.54, 1.807) is 0 Å². The van der Waals surface area contributed by atoms with E-state index in [1.165, 1.54) is 26.2 Å². The molecule has 5 nitrogen and oxygen atoms in total. The second kappa shape index (κ2) is 8.29. The molecule has 0 spiro atoms. The van der Waals surface area contributed by atoms with Gasteiger partial charge in [-0.1, -0.05) is 30.3 Å². The summed E-state index contributed by atoms with van der Waals surface area (Å²) in [5, 5.41) is 2.71. The van der Waals surface area contributed by atoms with Gasteiger partial charge in [-0.15, -0.1) is 0 Å². The van der Waals surface area contributed by atoms with Gasteiger partial charge < -0.3 is 10.1 Å². The van der Waals surface area contributed by atoms with Crippen molar-refractivity contribution >= 4 is 17.7 Å². The molecule has 156 valence electrons. The molecule has 0 saturated heterocycles. The minimum atomic E-state index is -0.605. The Balaban J connectivity index is 1.25. The number of rotatable bonds is 8. The number of hydrogen-bond acceptors (Lipinski definition) is 4. The highest BCUT2D eigenvalue weighted by Crippen LogP contribution is 2.61. The summed E-state index contributed by atoms with van der Waals surface area (Å²) in [5.41, 5.74) is 1.09. The van der Waals surface area contributed by atoms with Gasteiger partial charge in [-0.25, -0.2) is 0 Å². The van der Waals surface area contributed by atoms with Crippen molar-refractivity contribution in [3.63, 3.8) is 0 Å². The number of carbonyl (C=O) groups excluding carboxylic acids is 3. The second-order valence-corrected chi connectivity index (χ2v) is 9.68. The highest BCUT2D eigenvalue weighted by molar-refractivity contribution is 5.88. The molecule has 5 rings (SSSR count). The summed E-state index contributed by atoms with van der Waals surface area (Å²) < 4.78 is 5.31. The van der Waals surface area contributed by atoms with Crippen LogP contribution in [-0.2, 0) is 25.5 Å². The lowest BCUT2D eigenvalue weighted by atomic mass is 9.49. The van der Waals surface area contributed by atoms with Crippen molar-refractivity contribution in [2.45, 2.75) is 64.3 Å². The van der Waals surface area contributed by atoms with E-state index in [1.807, 2.05) is 30.3 Å². The van der Waals surface area contributed by atoms with Crippen molar-refractivity contribution in [1.82, 2.24) is 5.32 Å². The summed E-state index contributed by atoms with van der Waals surface area (Å²) in [6.07, 6.45) is 8.31. The molecule has 5 heteroatoms. The number of hydrogen-bond donors (Lipinski definition) is 1. The number of carbonyl (C=O) groups is 3. The number of amides is 1. The van der Waals surface area contributed by atoms with E-state index in [2.05, 4.69) is 5.32 Å². The maximum Gasteiger partial charge on any atom is 0.306 e. The Morgan fingerprint density at radius 3 is 2.17 bits per heavy atom. The highest BCUT2D eigenvalue weighted by atomic mass is 16.5. The molecular formula is C24H31NO4. The third-order valence-electron chi connectivity index (χ3n) is 7.16. The van der Waals surface area contributed by atoms with Gasteiger partial charge in [-0.3, -0.25) is 14.4 Å². The molecule has 0 aromatic heterocycles. The fraction of sp³-hybridized carbons (Fsp3) is 0.625. The summed E-state index contributed by atoms with van der Waals surface area (Å²) in [5.74, 6) is 1.55. The molecule has 1 aromatic carbocycles. The van der Waals surface area contributed by atoms with Gasteiger partial charge in [0.2, 0.25) is 0 Å². The van der Waals surface area contributed by atoms with Gasteiger partial charge in [0.05, 0.1) is 12.5 Å². The fourth-order valence-corrected chi connectivity index (χ4v) is 6.39. The molecule has 0 radical (unpaired) electrons. The molecule has 4 aliphatic rings. The zero-order valence-corrected chi connectivity index (χ0v) is 17.2. The van der Waals surface area contributed by atoms with Gasteiger partial charge in [0.1, 0.15) is 0 Å². The number of Topliss-reactive ketones (excluding diaryl/α,β-unsaturated/α-hetero) is 1. The largest absolute Gasteiger partial charge is 0.456 e.